The van der Waals surface area contributed by atoms with E-state index in [0.717, 1.165) is 69.6 Å². The van der Waals surface area contributed by atoms with Crippen molar-refractivity contribution in [2.24, 2.45) is 4.99 Å². The molecule has 2 N–H and O–H groups in total. The Bertz CT molecular complexity index is 517. The summed E-state index contributed by atoms with van der Waals surface area (Å²) in [5.74, 6) is 1.87. The third kappa shape index (κ3) is 7.63. The van der Waals surface area contributed by atoms with Gasteiger partial charge >= 0.3 is 0 Å². The van der Waals surface area contributed by atoms with E-state index in [-0.39, 0.29) is 24.0 Å². The fourth-order valence-electron chi connectivity index (χ4n) is 2.83. The number of ether oxygens (including phenoxy) is 1. The molecular weight excluding hydrogens is 443 g/mol. The molecule has 1 aliphatic rings. The quantitative estimate of drug-likeness (QED) is 0.257. The first-order valence-corrected chi connectivity index (χ1v) is 9.12. The number of anilines is 1. The molecule has 2 heterocycles. The molecule has 148 valence electrons. The molecule has 0 bridgehead atoms. The average Bonchev–Trinajstić information content (AvgIpc) is 2.68. The molecule has 7 nitrogen and oxygen atoms in total. The summed E-state index contributed by atoms with van der Waals surface area (Å²) in [6, 6.07) is 4.26. The Morgan fingerprint density at radius 3 is 2.58 bits per heavy atom. The van der Waals surface area contributed by atoms with Crippen molar-refractivity contribution in [2.75, 3.05) is 64.9 Å². The lowest BCUT2D eigenvalue weighted by Crippen LogP contribution is -2.46. The number of hydrogen-bond acceptors (Lipinski definition) is 5. The Labute approximate surface area is 174 Å². The lowest BCUT2D eigenvalue weighted by Gasteiger charge is -2.34. The number of halogens is 1. The fourth-order valence-corrected chi connectivity index (χ4v) is 2.83. The lowest BCUT2D eigenvalue weighted by atomic mass is 10.2. The van der Waals surface area contributed by atoms with Crippen LogP contribution in [0.2, 0.25) is 0 Å². The lowest BCUT2D eigenvalue weighted by molar-refractivity contribution is 0.195. The second-order valence-electron chi connectivity index (χ2n) is 6.14. The third-order valence-electron chi connectivity index (χ3n) is 4.45. The summed E-state index contributed by atoms with van der Waals surface area (Å²) in [5, 5.41) is 6.59. The van der Waals surface area contributed by atoms with Crippen molar-refractivity contribution in [1.82, 2.24) is 20.5 Å². The summed E-state index contributed by atoms with van der Waals surface area (Å²) in [6.45, 7) is 9.99. The second-order valence-corrected chi connectivity index (χ2v) is 6.14. The molecule has 1 aliphatic heterocycles. The normalized spacial score (nSPS) is 15.5. The van der Waals surface area contributed by atoms with Gasteiger partial charge in [-0.15, -0.1) is 24.0 Å². The zero-order valence-corrected chi connectivity index (χ0v) is 18.5. The van der Waals surface area contributed by atoms with Gasteiger partial charge < -0.3 is 25.2 Å². The van der Waals surface area contributed by atoms with Gasteiger partial charge in [-0.25, -0.2) is 4.98 Å². The molecule has 8 heteroatoms. The first-order valence-electron chi connectivity index (χ1n) is 9.12. The average molecular weight is 476 g/mol. The molecule has 1 aromatic heterocycles. The van der Waals surface area contributed by atoms with Gasteiger partial charge in [-0.05, 0) is 24.6 Å². The molecule has 2 rings (SSSR count). The van der Waals surface area contributed by atoms with Crippen LogP contribution >= 0.6 is 24.0 Å². The van der Waals surface area contributed by atoms with Crippen molar-refractivity contribution in [3.05, 3.63) is 23.9 Å². The molecule has 0 atom stereocenters. The number of nitrogens with one attached hydrogen (secondary N) is 2. The maximum atomic E-state index is 5.04. The molecule has 0 aliphatic carbocycles. The van der Waals surface area contributed by atoms with E-state index in [0.29, 0.717) is 6.54 Å². The van der Waals surface area contributed by atoms with E-state index in [1.54, 1.807) is 14.2 Å². The number of methoxy groups -OCH3 is 1. The van der Waals surface area contributed by atoms with Crippen LogP contribution in [-0.2, 0) is 11.3 Å². The summed E-state index contributed by atoms with van der Waals surface area (Å²) < 4.78 is 5.04. The van der Waals surface area contributed by atoms with Crippen LogP contribution in [0.15, 0.2) is 23.3 Å². The number of pyridine rings is 1. The maximum Gasteiger partial charge on any atom is 0.191 e. The number of likely N-dealkylation sites (N-methyl/N-ethyl adjacent to an activating group) is 1. The summed E-state index contributed by atoms with van der Waals surface area (Å²) >= 11 is 0. The monoisotopic (exact) mass is 476 g/mol. The summed E-state index contributed by atoms with van der Waals surface area (Å²) in [7, 11) is 3.50. The second kappa shape index (κ2) is 13.1. The minimum atomic E-state index is 0. The van der Waals surface area contributed by atoms with Crippen LogP contribution in [0.3, 0.4) is 0 Å². The van der Waals surface area contributed by atoms with Crippen LogP contribution in [-0.4, -0.2) is 75.9 Å². The van der Waals surface area contributed by atoms with Gasteiger partial charge in [0.05, 0.1) is 0 Å². The topological polar surface area (TPSA) is 65.0 Å². The predicted octanol–water partition coefficient (Wildman–Crippen LogP) is 1.54. The summed E-state index contributed by atoms with van der Waals surface area (Å²) in [4.78, 5) is 13.7. The van der Waals surface area contributed by atoms with Crippen LogP contribution in [0.1, 0.15) is 18.9 Å². The molecule has 1 fully saturated rings. The van der Waals surface area contributed by atoms with Gasteiger partial charge in [0, 0.05) is 66.2 Å². The number of hydrogen-bond donors (Lipinski definition) is 2. The van der Waals surface area contributed by atoms with Crippen molar-refractivity contribution in [1.29, 1.82) is 0 Å². The van der Waals surface area contributed by atoms with Gasteiger partial charge in [0.25, 0.3) is 0 Å². The molecule has 0 spiro atoms. The Morgan fingerprint density at radius 1 is 1.23 bits per heavy atom. The zero-order valence-electron chi connectivity index (χ0n) is 16.2. The number of nitrogens with zero attached hydrogens (tertiary/aromatic N) is 4. The third-order valence-corrected chi connectivity index (χ3v) is 4.45. The van der Waals surface area contributed by atoms with Gasteiger partial charge in [-0.3, -0.25) is 4.99 Å². The van der Waals surface area contributed by atoms with Crippen LogP contribution in [0.5, 0.6) is 0 Å². The van der Waals surface area contributed by atoms with Gasteiger partial charge in [-0.1, -0.05) is 13.0 Å². The smallest absolute Gasteiger partial charge is 0.191 e. The van der Waals surface area contributed by atoms with Gasteiger partial charge in [0.15, 0.2) is 5.96 Å². The Morgan fingerprint density at radius 2 is 2.00 bits per heavy atom. The molecule has 0 unspecified atom stereocenters. The molecule has 0 radical (unpaired) electrons. The molecular formula is C18H33IN6O. The molecule has 0 amide bonds. The molecule has 0 saturated carbocycles. The van der Waals surface area contributed by atoms with Crippen LogP contribution in [0.25, 0.3) is 0 Å². The highest BCUT2D eigenvalue weighted by Crippen LogP contribution is 2.13. The summed E-state index contributed by atoms with van der Waals surface area (Å²) in [5.41, 5.74) is 1.15. The molecule has 1 saturated heterocycles. The van der Waals surface area contributed by atoms with Crippen molar-refractivity contribution >= 4 is 35.8 Å². The van der Waals surface area contributed by atoms with Crippen LogP contribution < -0.4 is 15.5 Å². The van der Waals surface area contributed by atoms with Gasteiger partial charge in [0.1, 0.15) is 5.82 Å². The maximum absolute atomic E-state index is 5.04. The van der Waals surface area contributed by atoms with E-state index in [9.17, 15) is 0 Å². The SMILES string of the molecule is CCN1CCN(c2ccc(CNC(=NC)NCCCOC)cn2)CC1.I. The van der Waals surface area contributed by atoms with E-state index in [4.69, 9.17) is 4.74 Å². The highest BCUT2D eigenvalue weighted by Gasteiger charge is 2.16. The highest BCUT2D eigenvalue weighted by atomic mass is 127. The van der Waals surface area contributed by atoms with E-state index in [2.05, 4.69) is 49.5 Å². The molecule has 26 heavy (non-hydrogen) atoms. The molecule has 0 aromatic carbocycles. The van der Waals surface area contributed by atoms with E-state index in [1.165, 1.54) is 0 Å². The Hall–Kier alpha value is -1.13. The minimum absolute atomic E-state index is 0. The van der Waals surface area contributed by atoms with E-state index < -0.39 is 0 Å². The number of piperazine rings is 1. The Balaban J connectivity index is 0.00000338. The first-order chi connectivity index (χ1) is 12.3. The van der Waals surface area contributed by atoms with Gasteiger partial charge in [0.2, 0.25) is 0 Å². The van der Waals surface area contributed by atoms with Crippen molar-refractivity contribution in [2.45, 2.75) is 19.9 Å². The Kier molecular flexibility index (Phi) is 11.5. The predicted molar refractivity (Wildman–Crippen MR) is 119 cm³/mol. The first kappa shape index (κ1) is 22.9. The minimum Gasteiger partial charge on any atom is -0.385 e. The van der Waals surface area contributed by atoms with Crippen molar-refractivity contribution in [3.63, 3.8) is 0 Å². The summed E-state index contributed by atoms with van der Waals surface area (Å²) in [6.07, 6.45) is 2.91. The van der Waals surface area contributed by atoms with Crippen molar-refractivity contribution in [3.8, 4) is 0 Å². The fraction of sp³-hybridized carbons (Fsp3) is 0.667. The van der Waals surface area contributed by atoms with E-state index >= 15 is 0 Å². The largest absolute Gasteiger partial charge is 0.385 e. The highest BCUT2D eigenvalue weighted by molar-refractivity contribution is 14.0. The van der Waals surface area contributed by atoms with Crippen LogP contribution in [0, 0.1) is 0 Å². The molecule has 1 aromatic rings. The van der Waals surface area contributed by atoms with Crippen molar-refractivity contribution < 1.29 is 4.74 Å². The number of aromatic nitrogens is 1. The zero-order chi connectivity index (χ0) is 17.9. The number of rotatable bonds is 8. The van der Waals surface area contributed by atoms with Crippen LogP contribution in [0.4, 0.5) is 5.82 Å². The van der Waals surface area contributed by atoms with Gasteiger partial charge in [-0.2, -0.15) is 0 Å². The number of guanidine groups is 1. The van der Waals surface area contributed by atoms with E-state index in [1.807, 2.05) is 6.20 Å². The number of aliphatic imine (C=N–C) groups is 1. The standard InChI is InChI=1S/C18H32N6O.HI/c1-4-23-9-11-24(12-10-23)17-7-6-16(14-21-17)15-22-18(19-2)20-8-5-13-25-3;/h6-7,14H,4-5,8-13,15H2,1-3H3,(H2,19,20,22);1H.